The van der Waals surface area contributed by atoms with Crippen LogP contribution in [0.25, 0.3) is 0 Å². The van der Waals surface area contributed by atoms with Crippen molar-refractivity contribution in [2.24, 2.45) is 0 Å². The van der Waals surface area contributed by atoms with Crippen molar-refractivity contribution >= 4 is 27.4 Å². The molecule has 19 heavy (non-hydrogen) atoms. The fourth-order valence-corrected chi connectivity index (χ4v) is 2.13. The molecule has 0 aliphatic carbocycles. The molecular formula is C12H10BrN3O3. The predicted octanol–water partition coefficient (Wildman–Crippen LogP) is 3.44. The van der Waals surface area contributed by atoms with Crippen LogP contribution < -0.4 is 10.5 Å². The molecule has 0 radical (unpaired) electrons. The highest BCUT2D eigenvalue weighted by molar-refractivity contribution is 9.10. The SMILES string of the molecule is Cc1cc(Br)cc([N+](=O)[O-])c1Oc1cccc(N)n1. The Hall–Kier alpha value is -2.15. The third-order valence-corrected chi connectivity index (χ3v) is 2.83. The van der Waals surface area contributed by atoms with Crippen LogP contribution in [0.3, 0.4) is 0 Å². The van der Waals surface area contributed by atoms with Crippen LogP contribution in [0.4, 0.5) is 11.5 Å². The zero-order valence-corrected chi connectivity index (χ0v) is 11.5. The molecule has 0 fully saturated rings. The van der Waals surface area contributed by atoms with Gasteiger partial charge in [-0.05, 0) is 19.1 Å². The van der Waals surface area contributed by atoms with Gasteiger partial charge in [-0.25, -0.2) is 0 Å². The Morgan fingerprint density at radius 2 is 2.16 bits per heavy atom. The Balaban J connectivity index is 2.47. The van der Waals surface area contributed by atoms with E-state index in [0.717, 1.165) is 0 Å². The summed E-state index contributed by atoms with van der Waals surface area (Å²) in [7, 11) is 0. The number of aromatic nitrogens is 1. The van der Waals surface area contributed by atoms with E-state index in [1.54, 1.807) is 31.2 Å². The molecule has 0 atom stereocenters. The fourth-order valence-electron chi connectivity index (χ4n) is 1.57. The Morgan fingerprint density at radius 1 is 1.42 bits per heavy atom. The van der Waals surface area contributed by atoms with E-state index in [-0.39, 0.29) is 23.1 Å². The van der Waals surface area contributed by atoms with Gasteiger partial charge >= 0.3 is 5.69 Å². The van der Waals surface area contributed by atoms with Crippen LogP contribution in [0.5, 0.6) is 11.6 Å². The number of pyridine rings is 1. The number of benzene rings is 1. The number of anilines is 1. The van der Waals surface area contributed by atoms with Crippen LogP contribution in [0.15, 0.2) is 34.8 Å². The summed E-state index contributed by atoms with van der Waals surface area (Å²) < 4.78 is 6.10. The third-order valence-electron chi connectivity index (χ3n) is 2.37. The maximum atomic E-state index is 11.0. The van der Waals surface area contributed by atoms with Gasteiger partial charge in [0.05, 0.1) is 4.92 Å². The van der Waals surface area contributed by atoms with Crippen LogP contribution in [0.2, 0.25) is 0 Å². The van der Waals surface area contributed by atoms with Crippen molar-refractivity contribution in [3.8, 4) is 11.6 Å². The van der Waals surface area contributed by atoms with Crippen LogP contribution >= 0.6 is 15.9 Å². The van der Waals surface area contributed by atoms with E-state index in [2.05, 4.69) is 20.9 Å². The summed E-state index contributed by atoms with van der Waals surface area (Å²) in [5.41, 5.74) is 6.04. The van der Waals surface area contributed by atoms with Gasteiger partial charge in [0.2, 0.25) is 11.6 Å². The van der Waals surface area contributed by atoms with Gasteiger partial charge in [0.25, 0.3) is 0 Å². The molecule has 0 aliphatic rings. The Kier molecular flexibility index (Phi) is 3.66. The average Bonchev–Trinajstić information content (AvgIpc) is 2.32. The molecule has 1 aromatic carbocycles. The van der Waals surface area contributed by atoms with Gasteiger partial charge < -0.3 is 10.5 Å². The van der Waals surface area contributed by atoms with Crippen molar-refractivity contribution in [3.05, 3.63) is 50.5 Å². The van der Waals surface area contributed by atoms with Gasteiger partial charge in [-0.3, -0.25) is 10.1 Å². The van der Waals surface area contributed by atoms with Crippen LogP contribution in [-0.2, 0) is 0 Å². The van der Waals surface area contributed by atoms with Crippen molar-refractivity contribution in [3.63, 3.8) is 0 Å². The summed E-state index contributed by atoms with van der Waals surface area (Å²) in [4.78, 5) is 14.5. The summed E-state index contributed by atoms with van der Waals surface area (Å²) in [5.74, 6) is 0.662. The number of hydrogen-bond donors (Lipinski definition) is 1. The number of hydrogen-bond acceptors (Lipinski definition) is 5. The number of aryl methyl sites for hydroxylation is 1. The molecule has 2 rings (SSSR count). The molecule has 0 saturated carbocycles. The summed E-state index contributed by atoms with van der Waals surface area (Å²) in [6, 6.07) is 7.97. The number of ether oxygens (including phenoxy) is 1. The lowest BCUT2D eigenvalue weighted by atomic mass is 10.2. The number of nitrogen functional groups attached to an aromatic ring is 1. The summed E-state index contributed by atoms with van der Waals surface area (Å²) >= 11 is 3.22. The maximum Gasteiger partial charge on any atom is 0.313 e. The Bertz CT molecular complexity index is 646. The van der Waals surface area contributed by atoms with Gasteiger partial charge in [0.15, 0.2) is 0 Å². The molecule has 1 heterocycles. The van der Waals surface area contributed by atoms with E-state index in [9.17, 15) is 10.1 Å². The van der Waals surface area contributed by atoms with E-state index in [1.807, 2.05) is 0 Å². The first-order valence-electron chi connectivity index (χ1n) is 5.32. The zero-order chi connectivity index (χ0) is 14.0. The summed E-state index contributed by atoms with van der Waals surface area (Å²) in [5, 5.41) is 11.0. The summed E-state index contributed by atoms with van der Waals surface area (Å²) in [6.45, 7) is 1.72. The van der Waals surface area contributed by atoms with E-state index >= 15 is 0 Å². The van der Waals surface area contributed by atoms with Gasteiger partial charge in [0, 0.05) is 22.2 Å². The van der Waals surface area contributed by atoms with Gasteiger partial charge in [-0.15, -0.1) is 0 Å². The van der Waals surface area contributed by atoms with Crippen LogP contribution in [0.1, 0.15) is 5.56 Å². The predicted molar refractivity (Wildman–Crippen MR) is 74.3 cm³/mol. The minimum absolute atomic E-state index is 0.129. The second-order valence-corrected chi connectivity index (χ2v) is 4.75. The van der Waals surface area contributed by atoms with Crippen LogP contribution in [-0.4, -0.2) is 9.91 Å². The first-order valence-corrected chi connectivity index (χ1v) is 6.11. The number of nitro groups is 1. The normalized spacial score (nSPS) is 10.2. The number of nitrogens with zero attached hydrogens (tertiary/aromatic N) is 2. The molecule has 0 saturated heterocycles. The lowest BCUT2D eigenvalue weighted by Gasteiger charge is -2.09. The Morgan fingerprint density at radius 3 is 2.79 bits per heavy atom. The molecule has 98 valence electrons. The number of nitro benzene ring substituents is 1. The average molecular weight is 324 g/mol. The molecule has 7 heteroatoms. The molecule has 1 aromatic heterocycles. The molecule has 0 spiro atoms. The van der Waals surface area contributed by atoms with Crippen molar-refractivity contribution in [1.29, 1.82) is 0 Å². The van der Waals surface area contributed by atoms with Gasteiger partial charge in [0.1, 0.15) is 5.82 Å². The molecule has 2 aromatic rings. The largest absolute Gasteiger partial charge is 0.431 e. The Labute approximate surface area is 117 Å². The fraction of sp³-hybridized carbons (Fsp3) is 0.0833. The van der Waals surface area contributed by atoms with Crippen LogP contribution in [0, 0.1) is 17.0 Å². The standard InChI is InChI=1S/C12H10BrN3O3/c1-7-5-8(13)6-9(16(17)18)12(7)19-11-4-2-3-10(14)15-11/h2-6H,1H3,(H2,14,15). The first-order chi connectivity index (χ1) is 8.97. The smallest absolute Gasteiger partial charge is 0.313 e. The first kappa shape index (κ1) is 13.3. The molecule has 2 N–H and O–H groups in total. The number of nitrogens with two attached hydrogens (primary N) is 1. The third kappa shape index (κ3) is 3.00. The summed E-state index contributed by atoms with van der Waals surface area (Å²) in [6.07, 6.45) is 0. The molecule has 0 aliphatic heterocycles. The lowest BCUT2D eigenvalue weighted by Crippen LogP contribution is -1.98. The highest BCUT2D eigenvalue weighted by atomic mass is 79.9. The lowest BCUT2D eigenvalue weighted by molar-refractivity contribution is -0.385. The van der Waals surface area contributed by atoms with E-state index in [0.29, 0.717) is 10.0 Å². The molecule has 0 bridgehead atoms. The monoisotopic (exact) mass is 323 g/mol. The highest BCUT2D eigenvalue weighted by Crippen LogP contribution is 2.36. The molecule has 6 nitrogen and oxygen atoms in total. The minimum atomic E-state index is -0.501. The van der Waals surface area contributed by atoms with E-state index < -0.39 is 4.92 Å². The highest BCUT2D eigenvalue weighted by Gasteiger charge is 2.20. The van der Waals surface area contributed by atoms with Gasteiger partial charge in [-0.1, -0.05) is 22.0 Å². The number of rotatable bonds is 3. The molecular weight excluding hydrogens is 314 g/mol. The molecule has 0 amide bonds. The van der Waals surface area contributed by atoms with Crippen molar-refractivity contribution < 1.29 is 9.66 Å². The zero-order valence-electron chi connectivity index (χ0n) is 9.96. The maximum absolute atomic E-state index is 11.0. The molecule has 0 unspecified atom stereocenters. The van der Waals surface area contributed by atoms with E-state index in [1.165, 1.54) is 6.07 Å². The van der Waals surface area contributed by atoms with Crippen molar-refractivity contribution in [1.82, 2.24) is 4.98 Å². The number of halogens is 1. The second kappa shape index (κ2) is 5.23. The second-order valence-electron chi connectivity index (χ2n) is 3.83. The van der Waals surface area contributed by atoms with Crippen molar-refractivity contribution in [2.75, 3.05) is 5.73 Å². The minimum Gasteiger partial charge on any atom is -0.431 e. The van der Waals surface area contributed by atoms with E-state index in [4.69, 9.17) is 10.5 Å². The quantitative estimate of drug-likeness (QED) is 0.690. The topological polar surface area (TPSA) is 91.3 Å². The van der Waals surface area contributed by atoms with Crippen molar-refractivity contribution in [2.45, 2.75) is 6.92 Å². The van der Waals surface area contributed by atoms with Gasteiger partial charge in [-0.2, -0.15) is 4.98 Å².